The van der Waals surface area contributed by atoms with Gasteiger partial charge in [0.2, 0.25) is 0 Å². The van der Waals surface area contributed by atoms with Gasteiger partial charge in [0, 0.05) is 25.7 Å². The van der Waals surface area contributed by atoms with Gasteiger partial charge < -0.3 is 15.8 Å². The van der Waals surface area contributed by atoms with Gasteiger partial charge in [-0.05, 0) is 26.3 Å². The van der Waals surface area contributed by atoms with Crippen LogP contribution in [0.5, 0.6) is 0 Å². The third-order valence-electron chi connectivity index (χ3n) is 3.72. The molecule has 1 fully saturated rings. The number of rotatable bonds is 5. The Bertz CT molecular complexity index is 516. The molecule has 0 bridgehead atoms. The molecule has 0 aliphatic carbocycles. The molecular weight excluding hydrogens is 286 g/mol. The number of thiocarbonyl (C=S) groups is 1. The van der Waals surface area contributed by atoms with Gasteiger partial charge in [-0.3, -0.25) is 4.90 Å². The maximum atomic E-state index is 5.84. The first kappa shape index (κ1) is 16.1. The normalized spacial score (nSPS) is 17.5. The molecule has 0 spiro atoms. The van der Waals surface area contributed by atoms with Crippen molar-refractivity contribution >= 4 is 23.0 Å². The van der Waals surface area contributed by atoms with Crippen molar-refractivity contribution in [2.45, 2.75) is 26.8 Å². The molecule has 0 amide bonds. The summed E-state index contributed by atoms with van der Waals surface area (Å²) in [5, 5.41) is 11.8. The van der Waals surface area contributed by atoms with E-state index in [9.17, 15) is 0 Å². The van der Waals surface area contributed by atoms with E-state index < -0.39 is 0 Å². The van der Waals surface area contributed by atoms with Crippen molar-refractivity contribution in [3.8, 4) is 0 Å². The molecule has 1 atom stereocenters. The zero-order chi connectivity index (χ0) is 15.4. The highest BCUT2D eigenvalue weighted by atomic mass is 32.1. The van der Waals surface area contributed by atoms with Crippen molar-refractivity contribution in [3.05, 3.63) is 16.8 Å². The van der Waals surface area contributed by atoms with E-state index in [0.29, 0.717) is 10.8 Å². The van der Waals surface area contributed by atoms with Crippen molar-refractivity contribution < 1.29 is 4.74 Å². The van der Waals surface area contributed by atoms with Crippen LogP contribution >= 0.6 is 12.2 Å². The van der Waals surface area contributed by atoms with Crippen molar-refractivity contribution in [2.24, 2.45) is 5.73 Å². The van der Waals surface area contributed by atoms with E-state index in [-0.39, 0.29) is 6.04 Å². The summed E-state index contributed by atoms with van der Waals surface area (Å²) in [7, 11) is 0. The summed E-state index contributed by atoms with van der Waals surface area (Å²) in [5.74, 6) is 0.673. The SMILES string of the molecule is Cc1nnc(NC(C)CN2CCOCC2)c(C(N)=S)c1C. The van der Waals surface area contributed by atoms with Gasteiger partial charge in [-0.25, -0.2) is 0 Å². The summed E-state index contributed by atoms with van der Waals surface area (Å²) in [5.41, 5.74) is 8.47. The molecule has 0 aromatic carbocycles. The molecule has 1 aromatic heterocycles. The number of hydrogen-bond acceptors (Lipinski definition) is 6. The molecule has 2 heterocycles. The number of morpholine rings is 1. The minimum atomic E-state index is 0.229. The van der Waals surface area contributed by atoms with Crippen LogP contribution in [0, 0.1) is 13.8 Å². The number of nitrogens with zero attached hydrogens (tertiary/aromatic N) is 3. The second-order valence-electron chi connectivity index (χ2n) is 5.46. The molecule has 1 aliphatic rings. The summed E-state index contributed by atoms with van der Waals surface area (Å²) in [6, 6.07) is 0.229. The molecule has 1 aromatic rings. The van der Waals surface area contributed by atoms with Crippen LogP contribution in [0.3, 0.4) is 0 Å². The van der Waals surface area contributed by atoms with E-state index in [4.69, 9.17) is 22.7 Å². The summed E-state index contributed by atoms with van der Waals surface area (Å²) in [6.07, 6.45) is 0. The molecular formula is C14H23N5OS. The lowest BCUT2D eigenvalue weighted by atomic mass is 10.1. The number of anilines is 1. The van der Waals surface area contributed by atoms with Crippen molar-refractivity contribution in [2.75, 3.05) is 38.2 Å². The summed E-state index contributed by atoms with van der Waals surface area (Å²) in [6.45, 7) is 10.5. The highest BCUT2D eigenvalue weighted by Crippen LogP contribution is 2.19. The Morgan fingerprint density at radius 1 is 1.38 bits per heavy atom. The third-order valence-corrected chi connectivity index (χ3v) is 3.92. The standard InChI is InChI=1S/C14H23N5OS/c1-9(8-19-4-6-20-7-5-19)16-14-12(13(15)21)10(2)11(3)17-18-14/h9H,4-8H2,1-3H3,(H2,15,21)(H,16,18). The highest BCUT2D eigenvalue weighted by molar-refractivity contribution is 7.80. The first-order valence-corrected chi connectivity index (χ1v) is 7.60. The molecule has 116 valence electrons. The molecule has 6 nitrogen and oxygen atoms in total. The minimum Gasteiger partial charge on any atom is -0.389 e. The quantitative estimate of drug-likeness (QED) is 0.781. The van der Waals surface area contributed by atoms with Crippen LogP contribution in [0.25, 0.3) is 0 Å². The topological polar surface area (TPSA) is 76.3 Å². The fourth-order valence-electron chi connectivity index (χ4n) is 2.46. The molecule has 7 heteroatoms. The summed E-state index contributed by atoms with van der Waals surface area (Å²) < 4.78 is 5.36. The average Bonchev–Trinajstić information content (AvgIpc) is 2.43. The Labute approximate surface area is 131 Å². The second-order valence-corrected chi connectivity index (χ2v) is 5.90. The predicted octanol–water partition coefficient (Wildman–Crippen LogP) is 0.860. The number of nitrogens with one attached hydrogen (secondary N) is 1. The van der Waals surface area contributed by atoms with Crippen LogP contribution in [-0.4, -0.2) is 59.0 Å². The van der Waals surface area contributed by atoms with Gasteiger partial charge in [0.25, 0.3) is 0 Å². The van der Waals surface area contributed by atoms with E-state index in [0.717, 1.165) is 49.7 Å². The van der Waals surface area contributed by atoms with Gasteiger partial charge in [0.05, 0.1) is 24.5 Å². The largest absolute Gasteiger partial charge is 0.389 e. The van der Waals surface area contributed by atoms with Crippen LogP contribution < -0.4 is 11.1 Å². The summed E-state index contributed by atoms with van der Waals surface area (Å²) in [4.78, 5) is 2.72. The third kappa shape index (κ3) is 4.09. The average molecular weight is 309 g/mol. The predicted molar refractivity (Wildman–Crippen MR) is 87.7 cm³/mol. The Morgan fingerprint density at radius 2 is 2.05 bits per heavy atom. The van der Waals surface area contributed by atoms with Gasteiger partial charge in [-0.15, -0.1) is 5.10 Å². The van der Waals surface area contributed by atoms with E-state index in [2.05, 4.69) is 27.3 Å². The highest BCUT2D eigenvalue weighted by Gasteiger charge is 2.18. The van der Waals surface area contributed by atoms with Crippen molar-refractivity contribution in [3.63, 3.8) is 0 Å². The Kier molecular flexibility index (Phi) is 5.44. The van der Waals surface area contributed by atoms with Gasteiger partial charge >= 0.3 is 0 Å². The lowest BCUT2D eigenvalue weighted by Gasteiger charge is -2.29. The van der Waals surface area contributed by atoms with Crippen LogP contribution in [0.4, 0.5) is 5.82 Å². The lowest BCUT2D eigenvalue weighted by Crippen LogP contribution is -2.42. The fraction of sp³-hybridized carbons (Fsp3) is 0.643. The monoisotopic (exact) mass is 309 g/mol. The van der Waals surface area contributed by atoms with Crippen LogP contribution in [0.15, 0.2) is 0 Å². The molecule has 0 radical (unpaired) electrons. The number of nitrogens with two attached hydrogens (primary N) is 1. The molecule has 1 unspecified atom stereocenters. The van der Waals surface area contributed by atoms with Crippen LogP contribution in [-0.2, 0) is 4.74 Å². The number of hydrogen-bond donors (Lipinski definition) is 2. The Hall–Kier alpha value is -1.31. The number of aromatic nitrogens is 2. The van der Waals surface area contributed by atoms with Crippen LogP contribution in [0.2, 0.25) is 0 Å². The Balaban J connectivity index is 2.08. The molecule has 2 rings (SSSR count). The maximum absolute atomic E-state index is 5.84. The van der Waals surface area contributed by atoms with Gasteiger partial charge in [0.15, 0.2) is 5.82 Å². The Morgan fingerprint density at radius 3 is 2.67 bits per heavy atom. The van der Waals surface area contributed by atoms with Gasteiger partial charge in [-0.2, -0.15) is 5.10 Å². The molecule has 21 heavy (non-hydrogen) atoms. The van der Waals surface area contributed by atoms with Crippen molar-refractivity contribution in [1.82, 2.24) is 15.1 Å². The number of ether oxygens (including phenoxy) is 1. The fourth-order valence-corrected chi connectivity index (χ4v) is 2.71. The van der Waals surface area contributed by atoms with E-state index in [1.54, 1.807) is 0 Å². The zero-order valence-electron chi connectivity index (χ0n) is 12.8. The lowest BCUT2D eigenvalue weighted by molar-refractivity contribution is 0.0368. The van der Waals surface area contributed by atoms with Gasteiger partial charge in [-0.1, -0.05) is 12.2 Å². The first-order valence-electron chi connectivity index (χ1n) is 7.19. The summed E-state index contributed by atoms with van der Waals surface area (Å²) >= 11 is 5.15. The second kappa shape index (κ2) is 7.11. The first-order chi connectivity index (χ1) is 9.99. The minimum absolute atomic E-state index is 0.229. The van der Waals surface area contributed by atoms with E-state index >= 15 is 0 Å². The molecule has 1 saturated heterocycles. The van der Waals surface area contributed by atoms with Gasteiger partial charge in [0.1, 0.15) is 4.99 Å². The van der Waals surface area contributed by atoms with Crippen LogP contribution in [0.1, 0.15) is 23.7 Å². The zero-order valence-corrected chi connectivity index (χ0v) is 13.7. The molecule has 3 N–H and O–H groups in total. The number of aryl methyl sites for hydroxylation is 1. The molecule has 1 aliphatic heterocycles. The van der Waals surface area contributed by atoms with E-state index in [1.807, 2.05) is 13.8 Å². The van der Waals surface area contributed by atoms with Crippen molar-refractivity contribution in [1.29, 1.82) is 0 Å². The smallest absolute Gasteiger partial charge is 0.159 e. The maximum Gasteiger partial charge on any atom is 0.159 e. The van der Waals surface area contributed by atoms with E-state index in [1.165, 1.54) is 0 Å². The molecule has 0 saturated carbocycles.